The van der Waals surface area contributed by atoms with Gasteiger partial charge >= 0.3 is 96.3 Å². The number of rotatable bonds is 2. The SMILES string of the molecule is Cc1ccc(N)c([Se]c2ccccc2)c1. The number of aryl methyl sites for hydroxylation is 1. The van der Waals surface area contributed by atoms with E-state index in [0.29, 0.717) is 15.0 Å². The molecule has 0 bridgehead atoms. The topological polar surface area (TPSA) is 26.0 Å². The maximum atomic E-state index is 5.95. The Bertz CT molecular complexity index is 451. The minimum atomic E-state index is 0.317. The van der Waals surface area contributed by atoms with Gasteiger partial charge < -0.3 is 0 Å². The summed E-state index contributed by atoms with van der Waals surface area (Å²) >= 11 is 0.317. The van der Waals surface area contributed by atoms with E-state index in [0.717, 1.165) is 5.69 Å². The van der Waals surface area contributed by atoms with E-state index >= 15 is 0 Å². The van der Waals surface area contributed by atoms with Crippen LogP contribution in [0.15, 0.2) is 48.5 Å². The molecule has 0 spiro atoms. The first-order valence-electron chi connectivity index (χ1n) is 4.85. The van der Waals surface area contributed by atoms with E-state index in [1.165, 1.54) is 14.5 Å². The van der Waals surface area contributed by atoms with Gasteiger partial charge in [-0.15, -0.1) is 0 Å². The number of nitrogens with two attached hydrogens (primary N) is 1. The van der Waals surface area contributed by atoms with Crippen LogP contribution in [0.25, 0.3) is 0 Å². The molecule has 0 aromatic heterocycles. The van der Waals surface area contributed by atoms with Crippen molar-refractivity contribution < 1.29 is 0 Å². The maximum absolute atomic E-state index is 5.95. The van der Waals surface area contributed by atoms with E-state index < -0.39 is 0 Å². The number of nitrogen functional groups attached to an aromatic ring is 1. The molecular weight excluding hydrogens is 249 g/mol. The van der Waals surface area contributed by atoms with Gasteiger partial charge in [0.2, 0.25) is 0 Å². The summed E-state index contributed by atoms with van der Waals surface area (Å²) in [5, 5.41) is 0. The van der Waals surface area contributed by atoms with E-state index in [1.54, 1.807) is 0 Å². The summed E-state index contributed by atoms with van der Waals surface area (Å²) in [4.78, 5) is 0. The van der Waals surface area contributed by atoms with Gasteiger partial charge in [0.15, 0.2) is 0 Å². The van der Waals surface area contributed by atoms with Crippen LogP contribution in [0.4, 0.5) is 5.69 Å². The summed E-state index contributed by atoms with van der Waals surface area (Å²) in [6, 6.07) is 16.7. The van der Waals surface area contributed by atoms with Gasteiger partial charge in [-0.1, -0.05) is 0 Å². The molecule has 2 N–H and O–H groups in total. The molecule has 0 fully saturated rings. The summed E-state index contributed by atoms with van der Waals surface area (Å²) in [5.41, 5.74) is 8.13. The predicted octanol–water partition coefficient (Wildman–Crippen LogP) is 1.23. The second-order valence-corrected chi connectivity index (χ2v) is 5.80. The molecule has 0 saturated heterocycles. The van der Waals surface area contributed by atoms with Crippen molar-refractivity contribution in [2.24, 2.45) is 0 Å². The van der Waals surface area contributed by atoms with Gasteiger partial charge in [-0.3, -0.25) is 0 Å². The van der Waals surface area contributed by atoms with Gasteiger partial charge in [-0.05, 0) is 0 Å². The summed E-state index contributed by atoms with van der Waals surface area (Å²) in [6.45, 7) is 2.10. The van der Waals surface area contributed by atoms with Crippen molar-refractivity contribution in [3.05, 3.63) is 54.1 Å². The summed E-state index contributed by atoms with van der Waals surface area (Å²) in [7, 11) is 0. The number of anilines is 1. The third kappa shape index (κ3) is 2.62. The van der Waals surface area contributed by atoms with E-state index in [4.69, 9.17) is 5.73 Å². The fourth-order valence-electron chi connectivity index (χ4n) is 1.35. The molecule has 2 heteroatoms. The Hall–Kier alpha value is -1.24. The normalized spacial score (nSPS) is 10.2. The number of benzene rings is 2. The van der Waals surface area contributed by atoms with E-state index in [-0.39, 0.29) is 0 Å². The molecule has 15 heavy (non-hydrogen) atoms. The molecule has 0 amide bonds. The van der Waals surface area contributed by atoms with Gasteiger partial charge in [0.05, 0.1) is 0 Å². The fraction of sp³-hybridized carbons (Fsp3) is 0.0769. The van der Waals surface area contributed by atoms with Crippen LogP contribution in [-0.4, -0.2) is 15.0 Å². The van der Waals surface area contributed by atoms with Crippen molar-refractivity contribution in [1.29, 1.82) is 0 Å². The van der Waals surface area contributed by atoms with Gasteiger partial charge in [0, 0.05) is 0 Å². The molecule has 0 saturated carbocycles. The monoisotopic (exact) mass is 263 g/mol. The Morgan fingerprint density at radius 1 is 1.00 bits per heavy atom. The Morgan fingerprint density at radius 2 is 1.73 bits per heavy atom. The Kier molecular flexibility index (Phi) is 3.10. The van der Waals surface area contributed by atoms with E-state index in [1.807, 2.05) is 12.1 Å². The predicted molar refractivity (Wildman–Crippen MR) is 67.1 cm³/mol. The van der Waals surface area contributed by atoms with Crippen molar-refractivity contribution >= 4 is 29.6 Å². The molecule has 2 rings (SSSR count). The molecule has 0 unspecified atom stereocenters. The second kappa shape index (κ2) is 4.52. The van der Waals surface area contributed by atoms with Crippen LogP contribution in [-0.2, 0) is 0 Å². The molecule has 76 valence electrons. The third-order valence-electron chi connectivity index (χ3n) is 2.14. The molecule has 2 aromatic carbocycles. The van der Waals surface area contributed by atoms with Crippen molar-refractivity contribution in [2.75, 3.05) is 5.73 Å². The van der Waals surface area contributed by atoms with Crippen LogP contribution < -0.4 is 14.7 Å². The molecule has 0 aliphatic heterocycles. The fourth-order valence-corrected chi connectivity index (χ4v) is 3.40. The minimum absolute atomic E-state index is 0.317. The molecule has 0 radical (unpaired) electrons. The van der Waals surface area contributed by atoms with Crippen LogP contribution in [0.2, 0.25) is 0 Å². The van der Waals surface area contributed by atoms with Gasteiger partial charge in [0.1, 0.15) is 0 Å². The van der Waals surface area contributed by atoms with Crippen molar-refractivity contribution in [1.82, 2.24) is 0 Å². The van der Waals surface area contributed by atoms with Gasteiger partial charge in [-0.2, -0.15) is 0 Å². The number of hydrogen-bond donors (Lipinski definition) is 1. The van der Waals surface area contributed by atoms with Gasteiger partial charge in [-0.25, -0.2) is 0 Å². The summed E-state index contributed by atoms with van der Waals surface area (Å²) in [5.74, 6) is 0. The van der Waals surface area contributed by atoms with Crippen molar-refractivity contribution in [3.63, 3.8) is 0 Å². The first kappa shape index (κ1) is 10.3. The quantitative estimate of drug-likeness (QED) is 0.639. The Morgan fingerprint density at radius 3 is 2.47 bits per heavy atom. The van der Waals surface area contributed by atoms with Crippen LogP contribution in [0, 0.1) is 6.92 Å². The molecule has 0 aliphatic rings. The Balaban J connectivity index is 2.28. The summed E-state index contributed by atoms with van der Waals surface area (Å²) in [6.07, 6.45) is 0. The van der Waals surface area contributed by atoms with Crippen LogP contribution >= 0.6 is 0 Å². The van der Waals surface area contributed by atoms with Crippen LogP contribution in [0.5, 0.6) is 0 Å². The molecule has 2 aromatic rings. The van der Waals surface area contributed by atoms with Crippen molar-refractivity contribution in [2.45, 2.75) is 6.92 Å². The Labute approximate surface area is 96.5 Å². The zero-order valence-corrected chi connectivity index (χ0v) is 10.3. The summed E-state index contributed by atoms with van der Waals surface area (Å²) < 4.78 is 2.64. The molecule has 0 aliphatic carbocycles. The van der Waals surface area contributed by atoms with E-state index in [2.05, 4.69) is 43.3 Å². The third-order valence-corrected chi connectivity index (χ3v) is 4.41. The average molecular weight is 262 g/mol. The van der Waals surface area contributed by atoms with Crippen molar-refractivity contribution in [3.8, 4) is 0 Å². The first-order valence-corrected chi connectivity index (χ1v) is 6.56. The van der Waals surface area contributed by atoms with Crippen LogP contribution in [0.1, 0.15) is 5.56 Å². The first-order chi connectivity index (χ1) is 7.25. The zero-order valence-electron chi connectivity index (χ0n) is 8.60. The average Bonchev–Trinajstić information content (AvgIpc) is 2.25. The van der Waals surface area contributed by atoms with E-state index in [9.17, 15) is 0 Å². The molecule has 0 atom stereocenters. The zero-order chi connectivity index (χ0) is 10.7. The van der Waals surface area contributed by atoms with Crippen LogP contribution in [0.3, 0.4) is 0 Å². The van der Waals surface area contributed by atoms with Gasteiger partial charge in [0.25, 0.3) is 0 Å². The molecule has 0 heterocycles. The molecule has 1 nitrogen and oxygen atoms in total. The number of hydrogen-bond acceptors (Lipinski definition) is 1. The standard InChI is InChI=1S/C13H13NSe/c1-10-7-8-12(14)13(9-10)15-11-5-3-2-4-6-11/h2-9H,14H2,1H3. The molecular formula is C13H13NSe. The second-order valence-electron chi connectivity index (χ2n) is 3.46.